The van der Waals surface area contributed by atoms with Crippen molar-refractivity contribution in [3.8, 4) is 11.5 Å². The molecule has 2 aliphatic rings. The lowest BCUT2D eigenvalue weighted by Gasteiger charge is -2.16. The summed E-state index contributed by atoms with van der Waals surface area (Å²) in [7, 11) is 3.07. The van der Waals surface area contributed by atoms with Crippen LogP contribution in [0.2, 0.25) is 0 Å². The summed E-state index contributed by atoms with van der Waals surface area (Å²) in [5.41, 5.74) is 2.63. The molecule has 0 unspecified atom stereocenters. The van der Waals surface area contributed by atoms with Gasteiger partial charge in [-0.1, -0.05) is 22.9 Å². The Morgan fingerprint density at radius 1 is 0.963 bits per heavy atom. The third kappa shape index (κ3) is 2.63. The van der Waals surface area contributed by atoms with Gasteiger partial charge in [-0.2, -0.15) is 0 Å². The molecule has 2 aliphatic heterocycles. The van der Waals surface area contributed by atoms with E-state index in [1.54, 1.807) is 37.4 Å². The van der Waals surface area contributed by atoms with Crippen molar-refractivity contribution in [1.82, 2.24) is 0 Å². The summed E-state index contributed by atoms with van der Waals surface area (Å²) in [6.07, 6.45) is -0.943. The topological polar surface area (TPSA) is 77.4 Å². The van der Waals surface area contributed by atoms with E-state index in [9.17, 15) is 9.59 Å². The van der Waals surface area contributed by atoms with Gasteiger partial charge in [-0.15, -0.1) is 0 Å². The zero-order valence-corrected chi connectivity index (χ0v) is 15.1. The summed E-state index contributed by atoms with van der Waals surface area (Å²) in [6, 6.07) is 12.4. The van der Waals surface area contributed by atoms with Crippen LogP contribution in [0.1, 0.15) is 11.1 Å². The Bertz CT molecular complexity index is 951. The predicted molar refractivity (Wildman–Crippen MR) is 98.1 cm³/mol. The number of rotatable bonds is 4. The van der Waals surface area contributed by atoms with Crippen LogP contribution in [0.15, 0.2) is 47.6 Å². The average molecular weight is 366 g/mol. The van der Waals surface area contributed by atoms with Gasteiger partial charge in [0.15, 0.2) is 11.5 Å². The molecule has 7 heteroatoms. The molecule has 2 aromatic carbocycles. The number of oxime groups is 1. The van der Waals surface area contributed by atoms with Crippen molar-refractivity contribution in [2.75, 3.05) is 19.1 Å². The predicted octanol–water partition coefficient (Wildman–Crippen LogP) is 2.30. The third-order valence-corrected chi connectivity index (χ3v) is 4.78. The second-order valence-electron chi connectivity index (χ2n) is 6.40. The van der Waals surface area contributed by atoms with Gasteiger partial charge in [0.05, 0.1) is 19.9 Å². The van der Waals surface area contributed by atoms with Crippen LogP contribution in [0.4, 0.5) is 5.69 Å². The van der Waals surface area contributed by atoms with Gasteiger partial charge in [-0.05, 0) is 37.3 Å². The van der Waals surface area contributed by atoms with Crippen molar-refractivity contribution in [3.63, 3.8) is 0 Å². The number of hydrogen-bond donors (Lipinski definition) is 0. The Morgan fingerprint density at radius 3 is 2.33 bits per heavy atom. The zero-order valence-electron chi connectivity index (χ0n) is 15.1. The number of fused-ring (bicyclic) bond motifs is 1. The fourth-order valence-electron chi connectivity index (χ4n) is 3.36. The Morgan fingerprint density at radius 2 is 1.67 bits per heavy atom. The normalized spacial score (nSPS) is 21.0. The molecule has 4 rings (SSSR count). The number of ether oxygens (including phenoxy) is 2. The lowest BCUT2D eigenvalue weighted by molar-refractivity contribution is -0.126. The van der Waals surface area contributed by atoms with Gasteiger partial charge >= 0.3 is 0 Å². The van der Waals surface area contributed by atoms with Crippen LogP contribution < -0.4 is 14.4 Å². The molecule has 0 spiro atoms. The summed E-state index contributed by atoms with van der Waals surface area (Å²) >= 11 is 0. The van der Waals surface area contributed by atoms with E-state index in [0.29, 0.717) is 28.5 Å². The second kappa shape index (κ2) is 6.42. The van der Waals surface area contributed by atoms with Crippen LogP contribution in [0.25, 0.3) is 0 Å². The van der Waals surface area contributed by atoms with E-state index in [1.807, 2.05) is 19.1 Å². The lowest BCUT2D eigenvalue weighted by atomic mass is 9.94. The van der Waals surface area contributed by atoms with Gasteiger partial charge in [-0.3, -0.25) is 9.59 Å². The van der Waals surface area contributed by atoms with E-state index < -0.39 is 17.9 Å². The number of carbonyl (C=O) groups is 2. The van der Waals surface area contributed by atoms with Crippen molar-refractivity contribution >= 4 is 23.2 Å². The number of imide groups is 1. The smallest absolute Gasteiger partial charge is 0.278 e. The monoisotopic (exact) mass is 366 g/mol. The van der Waals surface area contributed by atoms with Gasteiger partial charge in [0.2, 0.25) is 12.0 Å². The fourth-order valence-corrected chi connectivity index (χ4v) is 3.36. The lowest BCUT2D eigenvalue weighted by Crippen LogP contribution is -2.33. The summed E-state index contributed by atoms with van der Waals surface area (Å²) < 4.78 is 10.6. The molecular formula is C20H18N2O5. The van der Waals surface area contributed by atoms with Gasteiger partial charge in [-0.25, -0.2) is 4.90 Å². The van der Waals surface area contributed by atoms with Crippen LogP contribution >= 0.6 is 0 Å². The van der Waals surface area contributed by atoms with Crippen LogP contribution in [-0.4, -0.2) is 37.8 Å². The van der Waals surface area contributed by atoms with E-state index in [2.05, 4.69) is 5.16 Å². The first-order valence-corrected chi connectivity index (χ1v) is 8.45. The number of anilines is 1. The van der Waals surface area contributed by atoms with Crippen LogP contribution in [0, 0.1) is 12.8 Å². The maximum absolute atomic E-state index is 13.0. The summed E-state index contributed by atoms with van der Waals surface area (Å²) in [5.74, 6) is -0.467. The van der Waals surface area contributed by atoms with E-state index >= 15 is 0 Å². The second-order valence-corrected chi connectivity index (χ2v) is 6.40. The Labute approximate surface area is 156 Å². The standard InChI is InChI=1S/C20H18N2O5/c1-11-4-7-13(8-5-11)22-19(23)16-17(21-27-18(16)20(22)24)12-6-9-14(25-2)15(10-12)26-3/h4-10,16,18H,1-3H3/t16-,18+/m1/s1. The highest BCUT2D eigenvalue weighted by molar-refractivity contribution is 6.32. The van der Waals surface area contributed by atoms with E-state index in [-0.39, 0.29) is 5.91 Å². The number of hydrogen-bond acceptors (Lipinski definition) is 6. The number of aryl methyl sites for hydroxylation is 1. The van der Waals surface area contributed by atoms with Crippen molar-refractivity contribution in [2.45, 2.75) is 13.0 Å². The SMILES string of the molecule is COc1ccc(C2=NO[C@@H]3C(=O)N(c4ccc(C)cc4)C(=O)[C@H]23)cc1OC. The first-order chi connectivity index (χ1) is 13.0. The van der Waals surface area contributed by atoms with Crippen LogP contribution in [0.3, 0.4) is 0 Å². The fraction of sp³-hybridized carbons (Fsp3) is 0.250. The molecular weight excluding hydrogens is 348 g/mol. The number of carbonyl (C=O) groups excluding carboxylic acids is 2. The first-order valence-electron chi connectivity index (χ1n) is 8.45. The highest BCUT2D eigenvalue weighted by Crippen LogP contribution is 2.37. The van der Waals surface area contributed by atoms with E-state index in [4.69, 9.17) is 14.3 Å². The van der Waals surface area contributed by atoms with Gasteiger partial charge in [0.1, 0.15) is 11.6 Å². The average Bonchev–Trinajstić information content (AvgIpc) is 3.23. The minimum Gasteiger partial charge on any atom is -0.493 e. The maximum atomic E-state index is 13.0. The minimum absolute atomic E-state index is 0.347. The molecule has 0 saturated carbocycles. The molecule has 0 aromatic heterocycles. The molecule has 1 fully saturated rings. The highest BCUT2D eigenvalue weighted by atomic mass is 16.6. The molecule has 2 amide bonds. The Kier molecular flexibility index (Phi) is 4.07. The Hall–Kier alpha value is -3.35. The molecule has 0 bridgehead atoms. The van der Waals surface area contributed by atoms with Gasteiger partial charge in [0, 0.05) is 5.56 Å². The highest BCUT2D eigenvalue weighted by Gasteiger charge is 2.56. The molecule has 7 nitrogen and oxygen atoms in total. The molecule has 0 aliphatic carbocycles. The van der Waals surface area contributed by atoms with Crippen LogP contribution in [-0.2, 0) is 14.4 Å². The van der Waals surface area contributed by atoms with Crippen LogP contribution in [0.5, 0.6) is 11.5 Å². The van der Waals surface area contributed by atoms with Crippen molar-refractivity contribution in [3.05, 3.63) is 53.6 Å². The molecule has 0 N–H and O–H groups in total. The molecule has 2 aromatic rings. The quantitative estimate of drug-likeness (QED) is 0.776. The minimum atomic E-state index is -0.943. The zero-order chi connectivity index (χ0) is 19.1. The molecule has 27 heavy (non-hydrogen) atoms. The summed E-state index contributed by atoms with van der Waals surface area (Å²) in [5, 5.41) is 4.02. The van der Waals surface area contributed by atoms with Crippen molar-refractivity contribution in [2.24, 2.45) is 11.1 Å². The first kappa shape index (κ1) is 17.1. The van der Waals surface area contributed by atoms with E-state index in [0.717, 1.165) is 5.56 Å². The number of methoxy groups -OCH3 is 2. The molecule has 138 valence electrons. The van der Waals surface area contributed by atoms with Gasteiger partial charge < -0.3 is 14.3 Å². The third-order valence-electron chi connectivity index (χ3n) is 4.78. The molecule has 2 heterocycles. The van der Waals surface area contributed by atoms with E-state index in [1.165, 1.54) is 12.0 Å². The number of nitrogens with zero attached hydrogens (tertiary/aromatic N) is 2. The van der Waals surface area contributed by atoms with Crippen molar-refractivity contribution < 1.29 is 23.9 Å². The maximum Gasteiger partial charge on any atom is 0.278 e. The Balaban J connectivity index is 1.69. The van der Waals surface area contributed by atoms with Crippen molar-refractivity contribution in [1.29, 1.82) is 0 Å². The summed E-state index contributed by atoms with van der Waals surface area (Å²) in [4.78, 5) is 32.3. The van der Waals surface area contributed by atoms with Gasteiger partial charge in [0.25, 0.3) is 5.91 Å². The molecule has 1 saturated heterocycles. The largest absolute Gasteiger partial charge is 0.493 e. The number of benzene rings is 2. The number of amides is 2. The molecule has 2 atom stereocenters. The molecule has 0 radical (unpaired) electrons. The summed E-state index contributed by atoms with van der Waals surface area (Å²) in [6.45, 7) is 1.94.